The molecule has 3 amide bonds. The number of benzene rings is 2. The van der Waals surface area contributed by atoms with Crippen molar-refractivity contribution < 1.29 is 14.3 Å². The number of carbonyl (C=O) groups is 2. The maximum absolute atomic E-state index is 12.1. The summed E-state index contributed by atoms with van der Waals surface area (Å²) < 4.78 is 6.35. The summed E-state index contributed by atoms with van der Waals surface area (Å²) in [5.41, 5.74) is 0.613. The van der Waals surface area contributed by atoms with Crippen LogP contribution in [0.25, 0.3) is 0 Å². The van der Waals surface area contributed by atoms with Crippen LogP contribution in [0.1, 0.15) is 10.4 Å². The van der Waals surface area contributed by atoms with Gasteiger partial charge in [-0.2, -0.15) is 0 Å². The molecule has 0 aliphatic carbocycles. The minimum absolute atomic E-state index is 0.201. The van der Waals surface area contributed by atoms with E-state index >= 15 is 0 Å². The van der Waals surface area contributed by atoms with Gasteiger partial charge in [0.15, 0.2) is 0 Å². The van der Waals surface area contributed by atoms with E-state index in [1.54, 1.807) is 54.7 Å². The molecule has 9 heteroatoms. The van der Waals surface area contributed by atoms with E-state index in [-0.39, 0.29) is 16.5 Å². The van der Waals surface area contributed by atoms with Gasteiger partial charge in [0.2, 0.25) is 5.88 Å². The van der Waals surface area contributed by atoms with Gasteiger partial charge in [-0.1, -0.05) is 41.4 Å². The van der Waals surface area contributed by atoms with Crippen molar-refractivity contribution in [3.8, 4) is 11.6 Å². The summed E-state index contributed by atoms with van der Waals surface area (Å²) in [4.78, 5) is 28.3. The number of nitrogens with zero attached hydrogens (tertiary/aromatic N) is 1. The summed E-state index contributed by atoms with van der Waals surface area (Å²) in [6.07, 6.45) is 1.55. The van der Waals surface area contributed by atoms with Gasteiger partial charge < -0.3 is 10.1 Å². The normalized spacial score (nSPS) is 10.2. The van der Waals surface area contributed by atoms with Crippen LogP contribution in [-0.4, -0.2) is 16.9 Å². The van der Waals surface area contributed by atoms with E-state index in [4.69, 9.17) is 27.9 Å². The molecule has 1 heterocycles. The van der Waals surface area contributed by atoms with Gasteiger partial charge in [-0.25, -0.2) is 9.78 Å². The topological polar surface area (TPSA) is 80.3 Å². The third-order valence-corrected chi connectivity index (χ3v) is 4.46. The van der Waals surface area contributed by atoms with Gasteiger partial charge in [0.25, 0.3) is 5.91 Å². The molecule has 142 valence electrons. The van der Waals surface area contributed by atoms with Crippen LogP contribution < -0.4 is 15.4 Å². The van der Waals surface area contributed by atoms with Crippen molar-refractivity contribution in [2.75, 3.05) is 5.32 Å². The number of pyridine rings is 1. The van der Waals surface area contributed by atoms with Crippen molar-refractivity contribution in [3.05, 3.63) is 80.9 Å². The Morgan fingerprint density at radius 3 is 2.54 bits per heavy atom. The van der Waals surface area contributed by atoms with Crippen LogP contribution >= 0.6 is 39.1 Å². The molecule has 3 rings (SSSR count). The number of hydrogen-bond donors (Lipinski definition) is 2. The first-order valence-electron chi connectivity index (χ1n) is 7.88. The number of aromatic nitrogens is 1. The van der Waals surface area contributed by atoms with Gasteiger partial charge in [0.1, 0.15) is 10.8 Å². The molecular weight excluding hydrogens is 469 g/mol. The highest BCUT2D eigenvalue weighted by molar-refractivity contribution is 9.10. The Bertz CT molecular complexity index is 1050. The van der Waals surface area contributed by atoms with Crippen molar-refractivity contribution in [2.24, 2.45) is 0 Å². The minimum atomic E-state index is -0.707. The lowest BCUT2D eigenvalue weighted by Crippen LogP contribution is -2.34. The Hall–Kier alpha value is -2.61. The molecule has 3 aromatic rings. The number of halogens is 3. The highest BCUT2D eigenvalue weighted by Crippen LogP contribution is 2.30. The summed E-state index contributed by atoms with van der Waals surface area (Å²) in [7, 11) is 0. The lowest BCUT2D eigenvalue weighted by molar-refractivity contribution is 0.0967. The third-order valence-electron chi connectivity index (χ3n) is 3.43. The fourth-order valence-corrected chi connectivity index (χ4v) is 3.09. The molecular formula is C19H12BrCl2N3O3. The lowest BCUT2D eigenvalue weighted by Gasteiger charge is -2.10. The molecule has 0 fully saturated rings. The molecule has 0 atom stereocenters. The molecule has 0 aliphatic rings. The zero-order valence-corrected chi connectivity index (χ0v) is 17.2. The smallest absolute Gasteiger partial charge is 0.326 e. The van der Waals surface area contributed by atoms with E-state index < -0.39 is 11.9 Å². The van der Waals surface area contributed by atoms with Gasteiger partial charge in [-0.05, 0) is 46.3 Å². The van der Waals surface area contributed by atoms with Gasteiger partial charge in [-0.3, -0.25) is 10.1 Å². The Balaban J connectivity index is 1.66. The molecule has 0 radical (unpaired) electrons. The maximum atomic E-state index is 12.1. The summed E-state index contributed by atoms with van der Waals surface area (Å²) >= 11 is 15.3. The van der Waals surface area contributed by atoms with Crippen molar-refractivity contribution in [1.29, 1.82) is 0 Å². The second-order valence-corrected chi connectivity index (χ2v) is 7.19. The number of amides is 3. The summed E-state index contributed by atoms with van der Waals surface area (Å²) in [6.45, 7) is 0. The molecule has 0 saturated heterocycles. The Morgan fingerprint density at radius 2 is 1.79 bits per heavy atom. The zero-order chi connectivity index (χ0) is 20.1. The maximum Gasteiger partial charge on any atom is 0.326 e. The van der Waals surface area contributed by atoms with E-state index in [9.17, 15) is 9.59 Å². The Morgan fingerprint density at radius 1 is 1.00 bits per heavy atom. The summed E-state index contributed by atoms with van der Waals surface area (Å²) in [5, 5.41) is 5.36. The van der Waals surface area contributed by atoms with Crippen molar-refractivity contribution >= 4 is 56.8 Å². The zero-order valence-electron chi connectivity index (χ0n) is 14.1. The van der Waals surface area contributed by atoms with Gasteiger partial charge >= 0.3 is 6.03 Å². The standard InChI is InChI=1S/C19H12BrCl2N3O3/c20-11-8-16(22)18(23-10-11)28-13-5-3-4-12(9-13)24-19(27)25-17(26)14-6-1-2-7-15(14)21/h1-10H,(H2,24,25,26,27). The van der Waals surface area contributed by atoms with Crippen LogP contribution in [0, 0.1) is 0 Å². The van der Waals surface area contributed by atoms with Crippen molar-refractivity contribution in [2.45, 2.75) is 0 Å². The Kier molecular flexibility index (Phi) is 6.51. The highest BCUT2D eigenvalue weighted by atomic mass is 79.9. The first-order valence-corrected chi connectivity index (χ1v) is 9.43. The SMILES string of the molecule is O=C(NC(=O)c1ccccc1Cl)Nc1cccc(Oc2ncc(Br)cc2Cl)c1. The van der Waals surface area contributed by atoms with Crippen LogP contribution in [0.5, 0.6) is 11.6 Å². The highest BCUT2D eigenvalue weighted by Gasteiger charge is 2.13. The molecule has 0 saturated carbocycles. The van der Waals surface area contributed by atoms with Crippen LogP contribution in [-0.2, 0) is 0 Å². The van der Waals surface area contributed by atoms with Crippen molar-refractivity contribution in [3.63, 3.8) is 0 Å². The Labute approximate surface area is 179 Å². The second-order valence-electron chi connectivity index (χ2n) is 5.46. The molecule has 0 spiro atoms. The van der Waals surface area contributed by atoms with Crippen LogP contribution in [0.4, 0.5) is 10.5 Å². The number of ether oxygens (including phenoxy) is 1. The molecule has 2 N–H and O–H groups in total. The molecule has 1 aromatic heterocycles. The molecule has 28 heavy (non-hydrogen) atoms. The number of hydrogen-bond acceptors (Lipinski definition) is 4. The summed E-state index contributed by atoms with van der Waals surface area (Å²) in [6, 6.07) is 13.9. The number of imide groups is 1. The van der Waals surface area contributed by atoms with Gasteiger partial charge in [-0.15, -0.1) is 0 Å². The molecule has 6 nitrogen and oxygen atoms in total. The van der Waals surface area contributed by atoms with Crippen LogP contribution in [0.15, 0.2) is 65.3 Å². The fraction of sp³-hybridized carbons (Fsp3) is 0. The number of nitrogens with one attached hydrogen (secondary N) is 2. The number of carbonyl (C=O) groups excluding carboxylic acids is 2. The van der Waals surface area contributed by atoms with E-state index in [0.29, 0.717) is 16.5 Å². The number of urea groups is 1. The van der Waals surface area contributed by atoms with Crippen molar-refractivity contribution in [1.82, 2.24) is 10.3 Å². The van der Waals surface area contributed by atoms with Crippen LogP contribution in [0.2, 0.25) is 10.0 Å². The molecule has 0 unspecified atom stereocenters. The first-order chi connectivity index (χ1) is 13.4. The second kappa shape index (κ2) is 9.05. The number of rotatable bonds is 4. The average Bonchev–Trinajstić information content (AvgIpc) is 2.64. The minimum Gasteiger partial charge on any atom is -0.437 e. The quantitative estimate of drug-likeness (QED) is 0.486. The van der Waals surface area contributed by atoms with E-state index in [2.05, 4.69) is 31.5 Å². The largest absolute Gasteiger partial charge is 0.437 e. The monoisotopic (exact) mass is 479 g/mol. The predicted octanol–water partition coefficient (Wildman–Crippen LogP) is 5.91. The van der Waals surface area contributed by atoms with Crippen LogP contribution in [0.3, 0.4) is 0 Å². The third kappa shape index (κ3) is 5.22. The molecule has 2 aromatic carbocycles. The van der Waals surface area contributed by atoms with E-state index in [0.717, 1.165) is 4.47 Å². The summed E-state index contributed by atoms with van der Waals surface area (Å²) in [5.74, 6) is 0.0219. The molecule has 0 bridgehead atoms. The first kappa shape index (κ1) is 20.1. The lowest BCUT2D eigenvalue weighted by atomic mass is 10.2. The molecule has 0 aliphatic heterocycles. The number of anilines is 1. The van der Waals surface area contributed by atoms with E-state index in [1.807, 2.05) is 0 Å². The van der Waals surface area contributed by atoms with E-state index in [1.165, 1.54) is 6.07 Å². The predicted molar refractivity (Wildman–Crippen MR) is 111 cm³/mol. The van der Waals surface area contributed by atoms with Gasteiger partial charge in [0.05, 0.1) is 10.6 Å². The average molecular weight is 481 g/mol. The van der Waals surface area contributed by atoms with Gasteiger partial charge in [0, 0.05) is 22.4 Å². The fourth-order valence-electron chi connectivity index (χ4n) is 2.20.